The van der Waals surface area contributed by atoms with Gasteiger partial charge in [-0.3, -0.25) is 14.5 Å². The maximum absolute atomic E-state index is 12.9. The summed E-state index contributed by atoms with van der Waals surface area (Å²) >= 11 is 12.6. The molecule has 0 bridgehead atoms. The third-order valence-corrected chi connectivity index (χ3v) is 6.42. The van der Waals surface area contributed by atoms with Crippen molar-refractivity contribution < 1.29 is 9.59 Å². The van der Waals surface area contributed by atoms with Crippen LogP contribution in [-0.4, -0.2) is 52.9 Å². The van der Waals surface area contributed by atoms with Crippen LogP contribution in [0.25, 0.3) is 11.3 Å². The number of carbonyl (C=O) groups is 2. The maximum atomic E-state index is 12.9. The molecule has 4 rings (SSSR count). The van der Waals surface area contributed by atoms with Crippen molar-refractivity contribution in [1.82, 2.24) is 25.5 Å². The second-order valence-corrected chi connectivity index (χ2v) is 8.86. The van der Waals surface area contributed by atoms with Gasteiger partial charge in [-0.25, -0.2) is 9.97 Å². The van der Waals surface area contributed by atoms with Crippen molar-refractivity contribution in [3.8, 4) is 11.3 Å². The van der Waals surface area contributed by atoms with Gasteiger partial charge >= 0.3 is 0 Å². The first-order valence-corrected chi connectivity index (χ1v) is 11.5. The van der Waals surface area contributed by atoms with Gasteiger partial charge in [-0.05, 0) is 30.7 Å². The number of likely N-dealkylation sites (tertiary alicyclic amines) is 1. The van der Waals surface area contributed by atoms with Crippen molar-refractivity contribution >= 4 is 40.8 Å². The van der Waals surface area contributed by atoms with Crippen LogP contribution in [0, 0.1) is 0 Å². The number of rotatable bonds is 6. The number of nitrogens with two attached hydrogens (primary N) is 1. The molecule has 176 valence electrons. The lowest BCUT2D eigenvalue weighted by Gasteiger charge is -2.18. The molecule has 1 aliphatic heterocycles. The fourth-order valence-electron chi connectivity index (χ4n) is 3.91. The predicted octanol–water partition coefficient (Wildman–Crippen LogP) is 3.40. The van der Waals surface area contributed by atoms with Crippen molar-refractivity contribution in [3.05, 3.63) is 75.5 Å². The van der Waals surface area contributed by atoms with Crippen LogP contribution in [0.15, 0.2) is 48.7 Å². The Bertz CT molecular complexity index is 1220. The second-order valence-electron chi connectivity index (χ2n) is 8.04. The summed E-state index contributed by atoms with van der Waals surface area (Å²) in [5.41, 5.74) is 8.31. The van der Waals surface area contributed by atoms with E-state index in [1.165, 1.54) is 13.2 Å². The number of carbonyl (C=O) groups excluding carboxylic acids is 2. The average Bonchev–Trinajstić information content (AvgIpc) is 3.28. The lowest BCUT2D eigenvalue weighted by molar-refractivity contribution is 0.0934. The van der Waals surface area contributed by atoms with Crippen molar-refractivity contribution in [2.24, 2.45) is 0 Å². The minimum absolute atomic E-state index is 0.00795. The first-order valence-electron chi connectivity index (χ1n) is 10.8. The van der Waals surface area contributed by atoms with Gasteiger partial charge in [0.25, 0.3) is 11.8 Å². The fourth-order valence-corrected chi connectivity index (χ4v) is 4.43. The van der Waals surface area contributed by atoms with Gasteiger partial charge in [-0.2, -0.15) is 0 Å². The lowest BCUT2D eigenvalue weighted by Crippen LogP contribution is -2.37. The normalized spacial score (nSPS) is 15.8. The SMILES string of the molecule is CNC(=O)c1nc(-c2cccc(C(=O)N[C@@H]3CCN(Cc4c(Cl)cccc4Cl)C3)c2)cnc1N. The van der Waals surface area contributed by atoms with E-state index in [9.17, 15) is 9.59 Å². The summed E-state index contributed by atoms with van der Waals surface area (Å²) < 4.78 is 0. The molecule has 8 nitrogen and oxygen atoms in total. The Morgan fingerprint density at radius 2 is 1.88 bits per heavy atom. The second kappa shape index (κ2) is 10.4. The van der Waals surface area contributed by atoms with E-state index in [-0.39, 0.29) is 23.5 Å². The monoisotopic (exact) mass is 498 g/mol. The molecule has 0 unspecified atom stereocenters. The Labute approximate surface area is 207 Å². The van der Waals surface area contributed by atoms with Crippen LogP contribution in [-0.2, 0) is 6.54 Å². The number of halogens is 2. The third-order valence-electron chi connectivity index (χ3n) is 5.71. The van der Waals surface area contributed by atoms with Crippen molar-refractivity contribution in [2.75, 3.05) is 25.9 Å². The number of benzene rings is 2. The van der Waals surface area contributed by atoms with Crippen LogP contribution < -0.4 is 16.4 Å². The van der Waals surface area contributed by atoms with Crippen LogP contribution in [0.3, 0.4) is 0 Å². The zero-order valence-electron chi connectivity index (χ0n) is 18.5. The van der Waals surface area contributed by atoms with Gasteiger partial charge in [0.2, 0.25) is 0 Å². The standard InChI is InChI=1S/C24H24Cl2N6O2/c1-28-24(34)21-22(27)29-11-20(31-21)14-4-2-5-15(10-14)23(33)30-16-8-9-32(12-16)13-17-18(25)6-3-7-19(17)26/h2-7,10-11,16H,8-9,12-13H2,1H3,(H2,27,29)(H,28,34)(H,30,33)/t16-/m1/s1. The van der Waals surface area contributed by atoms with Crippen LogP contribution in [0.1, 0.15) is 32.8 Å². The number of hydrogen-bond donors (Lipinski definition) is 3. The number of amides is 2. The number of aromatic nitrogens is 2. The summed E-state index contributed by atoms with van der Waals surface area (Å²) in [5.74, 6) is -0.565. The molecule has 0 saturated carbocycles. The van der Waals surface area contributed by atoms with Crippen LogP contribution in [0.4, 0.5) is 5.82 Å². The van der Waals surface area contributed by atoms with Crippen molar-refractivity contribution in [3.63, 3.8) is 0 Å². The van der Waals surface area contributed by atoms with Gasteiger partial charge in [0.15, 0.2) is 11.5 Å². The van der Waals surface area contributed by atoms with E-state index in [1.807, 2.05) is 18.2 Å². The van der Waals surface area contributed by atoms with E-state index < -0.39 is 5.91 Å². The molecule has 10 heteroatoms. The quantitative estimate of drug-likeness (QED) is 0.479. The van der Waals surface area contributed by atoms with E-state index in [0.29, 0.717) is 40.0 Å². The first kappa shape index (κ1) is 23.9. The molecule has 0 radical (unpaired) electrons. The van der Waals surface area contributed by atoms with Crippen LogP contribution >= 0.6 is 23.2 Å². The fraction of sp³-hybridized carbons (Fsp3) is 0.250. The minimum atomic E-state index is -0.426. The molecule has 2 aromatic carbocycles. The summed E-state index contributed by atoms with van der Waals surface area (Å²) in [5, 5.41) is 6.87. The summed E-state index contributed by atoms with van der Waals surface area (Å²) in [7, 11) is 1.49. The average molecular weight is 499 g/mol. The highest BCUT2D eigenvalue weighted by Crippen LogP contribution is 2.27. The van der Waals surface area contributed by atoms with E-state index in [1.54, 1.807) is 24.3 Å². The smallest absolute Gasteiger partial charge is 0.273 e. The molecule has 1 fully saturated rings. The van der Waals surface area contributed by atoms with Gasteiger partial charge in [0.1, 0.15) is 0 Å². The number of nitrogen functional groups attached to an aromatic ring is 1. The number of nitrogens with one attached hydrogen (secondary N) is 2. The molecule has 2 amide bonds. The van der Waals surface area contributed by atoms with E-state index in [2.05, 4.69) is 25.5 Å². The number of anilines is 1. The molecule has 0 spiro atoms. The minimum Gasteiger partial charge on any atom is -0.382 e. The van der Waals surface area contributed by atoms with Crippen molar-refractivity contribution in [1.29, 1.82) is 0 Å². The maximum Gasteiger partial charge on any atom is 0.273 e. The molecular weight excluding hydrogens is 475 g/mol. The highest BCUT2D eigenvalue weighted by molar-refractivity contribution is 6.35. The summed E-state index contributed by atoms with van der Waals surface area (Å²) in [6.45, 7) is 2.16. The van der Waals surface area contributed by atoms with Gasteiger partial charge < -0.3 is 16.4 Å². The highest BCUT2D eigenvalue weighted by atomic mass is 35.5. The van der Waals surface area contributed by atoms with Gasteiger partial charge in [0.05, 0.1) is 11.9 Å². The number of nitrogens with zero attached hydrogens (tertiary/aromatic N) is 3. The lowest BCUT2D eigenvalue weighted by atomic mass is 10.1. The highest BCUT2D eigenvalue weighted by Gasteiger charge is 2.25. The number of hydrogen-bond acceptors (Lipinski definition) is 6. The zero-order chi connectivity index (χ0) is 24.2. The Morgan fingerprint density at radius 1 is 1.15 bits per heavy atom. The van der Waals surface area contributed by atoms with Gasteiger partial charge in [0, 0.05) is 59.5 Å². The first-order chi connectivity index (χ1) is 16.4. The molecule has 34 heavy (non-hydrogen) atoms. The molecule has 3 aromatic rings. The van der Waals surface area contributed by atoms with E-state index in [0.717, 1.165) is 18.5 Å². The Morgan fingerprint density at radius 3 is 2.62 bits per heavy atom. The van der Waals surface area contributed by atoms with E-state index in [4.69, 9.17) is 28.9 Å². The molecule has 1 aromatic heterocycles. The summed E-state index contributed by atoms with van der Waals surface area (Å²) in [4.78, 5) is 35.5. The molecule has 2 heterocycles. The third kappa shape index (κ3) is 5.30. The largest absolute Gasteiger partial charge is 0.382 e. The van der Waals surface area contributed by atoms with Crippen LogP contribution in [0.2, 0.25) is 10.0 Å². The Hall–Kier alpha value is -3.20. The van der Waals surface area contributed by atoms with Crippen molar-refractivity contribution in [2.45, 2.75) is 19.0 Å². The molecule has 1 saturated heterocycles. The molecule has 1 atom stereocenters. The summed E-state index contributed by atoms with van der Waals surface area (Å²) in [6, 6.07) is 12.5. The van der Waals surface area contributed by atoms with Gasteiger partial charge in [-0.15, -0.1) is 0 Å². The van der Waals surface area contributed by atoms with Gasteiger partial charge in [-0.1, -0.05) is 41.4 Å². The summed E-state index contributed by atoms with van der Waals surface area (Å²) in [6.07, 6.45) is 2.31. The molecular formula is C24H24Cl2N6O2. The molecule has 1 aliphatic rings. The Kier molecular flexibility index (Phi) is 7.31. The Balaban J connectivity index is 1.43. The predicted molar refractivity (Wildman–Crippen MR) is 133 cm³/mol. The topological polar surface area (TPSA) is 113 Å². The molecule has 0 aliphatic carbocycles. The van der Waals surface area contributed by atoms with Crippen LogP contribution in [0.5, 0.6) is 0 Å². The van der Waals surface area contributed by atoms with E-state index >= 15 is 0 Å². The molecule has 4 N–H and O–H groups in total. The zero-order valence-corrected chi connectivity index (χ0v) is 20.0.